The molecule has 1 aliphatic rings. The molecule has 0 amide bonds. The number of phenols is 4. The third kappa shape index (κ3) is 5.70. The minimum atomic E-state index is -1.29. The summed E-state index contributed by atoms with van der Waals surface area (Å²) in [6.07, 6.45) is 0. The van der Waals surface area contributed by atoms with Crippen LogP contribution >= 0.6 is 60.5 Å². The van der Waals surface area contributed by atoms with Crippen LogP contribution in [0.1, 0.15) is 17.0 Å². The molecule has 8 nitrogen and oxygen atoms in total. The van der Waals surface area contributed by atoms with Gasteiger partial charge in [0, 0.05) is 77.8 Å². The average molecular weight is 665 g/mol. The number of anilines is 2. The largest absolute Gasteiger partial charge is 0.510 e. The van der Waals surface area contributed by atoms with Gasteiger partial charge in [0.25, 0.3) is 0 Å². The van der Waals surface area contributed by atoms with Crippen LogP contribution in [0, 0.1) is 0 Å². The SMILES string of the molecule is O=C1C(c2c(O)cc(O)cc2N(CCS)CCI)=C(O)C1c1c(O)cc(N(CCS)CCS)cc1O. The number of aliphatic hydroxyl groups excluding tert-OH is 1. The summed E-state index contributed by atoms with van der Waals surface area (Å²) in [5, 5.41) is 53.3. The number of hydrogen-bond donors (Lipinski definition) is 8. The molecule has 0 saturated carbocycles. The van der Waals surface area contributed by atoms with Crippen LogP contribution in [0.15, 0.2) is 30.0 Å². The minimum Gasteiger partial charge on any atom is -0.510 e. The molecule has 5 N–H and O–H groups in total. The second-order valence-electron chi connectivity index (χ2n) is 8.15. The topological polar surface area (TPSA) is 125 Å². The average Bonchev–Trinajstić information content (AvgIpc) is 2.82. The second kappa shape index (κ2) is 12.7. The van der Waals surface area contributed by atoms with Gasteiger partial charge < -0.3 is 35.3 Å². The number of rotatable bonds is 12. The molecule has 2 aromatic rings. The molecule has 0 aliphatic heterocycles. The Morgan fingerprint density at radius 1 is 0.778 bits per heavy atom. The Morgan fingerprint density at radius 2 is 1.33 bits per heavy atom. The van der Waals surface area contributed by atoms with E-state index in [-0.39, 0.29) is 45.5 Å². The van der Waals surface area contributed by atoms with E-state index in [9.17, 15) is 30.3 Å². The zero-order valence-corrected chi connectivity index (χ0v) is 24.1. The molecule has 3 rings (SSSR count). The highest BCUT2D eigenvalue weighted by Crippen LogP contribution is 2.53. The maximum absolute atomic E-state index is 13.3. The van der Waals surface area contributed by atoms with Gasteiger partial charge in [-0.25, -0.2) is 0 Å². The van der Waals surface area contributed by atoms with E-state index < -0.39 is 11.7 Å². The first kappa shape index (κ1) is 28.8. The van der Waals surface area contributed by atoms with Gasteiger partial charge in [0.15, 0.2) is 5.78 Å². The van der Waals surface area contributed by atoms with Gasteiger partial charge in [-0.1, -0.05) is 22.6 Å². The molecular weight excluding hydrogens is 635 g/mol. The summed E-state index contributed by atoms with van der Waals surface area (Å²) in [7, 11) is 0. The lowest BCUT2D eigenvalue weighted by atomic mass is 9.73. The number of hydrogen-bond acceptors (Lipinski definition) is 11. The van der Waals surface area contributed by atoms with Crippen molar-refractivity contribution in [3.63, 3.8) is 0 Å². The van der Waals surface area contributed by atoms with E-state index in [1.165, 1.54) is 18.2 Å². The van der Waals surface area contributed by atoms with Crippen molar-refractivity contribution < 1.29 is 30.3 Å². The molecule has 0 fully saturated rings. The molecule has 0 radical (unpaired) electrons. The smallest absolute Gasteiger partial charge is 0.182 e. The Balaban J connectivity index is 2.09. The molecule has 0 saturated heterocycles. The van der Waals surface area contributed by atoms with Crippen molar-refractivity contribution in [2.45, 2.75) is 5.92 Å². The predicted molar refractivity (Wildman–Crippen MR) is 162 cm³/mol. The molecule has 0 spiro atoms. The second-order valence-corrected chi connectivity index (χ2v) is 10.6. The van der Waals surface area contributed by atoms with Crippen LogP contribution in [0.2, 0.25) is 0 Å². The van der Waals surface area contributed by atoms with Crippen LogP contribution in [0.25, 0.3) is 5.57 Å². The Labute approximate surface area is 240 Å². The highest BCUT2D eigenvalue weighted by atomic mass is 127. The van der Waals surface area contributed by atoms with Crippen LogP contribution in [-0.4, -0.2) is 79.2 Å². The van der Waals surface area contributed by atoms with E-state index >= 15 is 0 Å². The number of halogens is 1. The normalized spacial score (nSPS) is 15.2. The summed E-state index contributed by atoms with van der Waals surface area (Å²) in [6, 6.07) is 5.38. The van der Waals surface area contributed by atoms with Gasteiger partial charge in [0.1, 0.15) is 34.7 Å². The van der Waals surface area contributed by atoms with Crippen molar-refractivity contribution in [1.29, 1.82) is 0 Å². The van der Waals surface area contributed by atoms with Gasteiger partial charge in [0.2, 0.25) is 0 Å². The first-order valence-electron chi connectivity index (χ1n) is 11.2. The van der Waals surface area contributed by atoms with E-state index in [2.05, 4.69) is 60.5 Å². The van der Waals surface area contributed by atoms with E-state index in [0.717, 1.165) is 10.5 Å². The first-order chi connectivity index (χ1) is 17.2. The van der Waals surface area contributed by atoms with Crippen molar-refractivity contribution >= 4 is 83.2 Å². The number of carbonyl (C=O) groups is 1. The van der Waals surface area contributed by atoms with Crippen LogP contribution in [0.3, 0.4) is 0 Å². The minimum absolute atomic E-state index is 0.0857. The quantitative estimate of drug-likeness (QED) is 0.0975. The summed E-state index contributed by atoms with van der Waals surface area (Å²) in [5.74, 6) is -1.90. The van der Waals surface area contributed by atoms with Crippen LogP contribution in [0.4, 0.5) is 11.4 Å². The highest BCUT2D eigenvalue weighted by Gasteiger charge is 2.46. The summed E-state index contributed by atoms with van der Waals surface area (Å²) >= 11 is 15.0. The third-order valence-corrected chi connectivity index (χ3v) is 7.03. The third-order valence-electron chi connectivity index (χ3n) is 5.95. The number of Topliss-reactive ketones (excluding diaryl/α,β-unsaturated/α-hetero) is 1. The highest BCUT2D eigenvalue weighted by molar-refractivity contribution is 14.1. The van der Waals surface area contributed by atoms with Crippen molar-refractivity contribution in [3.05, 3.63) is 41.2 Å². The van der Waals surface area contributed by atoms with Crippen molar-refractivity contribution in [2.24, 2.45) is 0 Å². The number of benzene rings is 2. The molecule has 12 heteroatoms. The van der Waals surface area contributed by atoms with Gasteiger partial charge in [-0.05, 0) is 0 Å². The number of carbonyl (C=O) groups excluding carboxylic acids is 1. The zero-order chi connectivity index (χ0) is 26.6. The lowest BCUT2D eigenvalue weighted by Crippen LogP contribution is -2.32. The molecule has 1 atom stereocenters. The lowest BCUT2D eigenvalue weighted by molar-refractivity contribution is -0.116. The van der Waals surface area contributed by atoms with Gasteiger partial charge in [-0.3, -0.25) is 4.79 Å². The Kier molecular flexibility index (Phi) is 10.1. The molecule has 0 aromatic heterocycles. The van der Waals surface area contributed by atoms with Gasteiger partial charge in [-0.2, -0.15) is 37.9 Å². The summed E-state index contributed by atoms with van der Waals surface area (Å²) in [5.41, 5.74) is 0.764. The van der Waals surface area contributed by atoms with Crippen molar-refractivity contribution in [2.75, 3.05) is 57.7 Å². The van der Waals surface area contributed by atoms with E-state index in [1.807, 2.05) is 9.80 Å². The maximum atomic E-state index is 13.3. The summed E-state index contributed by atoms with van der Waals surface area (Å²) < 4.78 is 0.731. The number of aromatic hydroxyl groups is 4. The molecule has 0 heterocycles. The first-order valence-corrected chi connectivity index (χ1v) is 14.6. The number of alkyl halides is 1. The molecule has 36 heavy (non-hydrogen) atoms. The molecule has 0 bridgehead atoms. The standard InChI is InChI=1S/C24H29IN2O6S3/c25-1-2-27(5-8-36)15-11-14(28)12-18(31)19(15)21-23(32)22(24(21)33)20-16(29)9-13(10-17(20)30)26(3-6-34)4-7-35/h9-12,22,28-32,34-36H,1-8H2. The van der Waals surface area contributed by atoms with Gasteiger partial charge >= 0.3 is 0 Å². The summed E-state index contributed by atoms with van der Waals surface area (Å²) in [4.78, 5) is 17.1. The maximum Gasteiger partial charge on any atom is 0.182 e. The number of ketones is 1. The lowest BCUT2D eigenvalue weighted by Gasteiger charge is -2.33. The van der Waals surface area contributed by atoms with Crippen LogP contribution < -0.4 is 9.80 Å². The Bertz CT molecular complexity index is 1130. The molecule has 2 aromatic carbocycles. The van der Waals surface area contributed by atoms with Crippen LogP contribution in [-0.2, 0) is 4.79 Å². The number of thiol groups is 3. The van der Waals surface area contributed by atoms with Gasteiger partial charge in [-0.15, -0.1) is 0 Å². The van der Waals surface area contributed by atoms with E-state index in [4.69, 9.17) is 0 Å². The molecular formula is C24H29IN2O6S3. The molecule has 1 unspecified atom stereocenters. The molecule has 196 valence electrons. The zero-order valence-electron chi connectivity index (χ0n) is 19.3. The van der Waals surface area contributed by atoms with Crippen molar-refractivity contribution in [3.8, 4) is 23.0 Å². The molecule has 1 aliphatic carbocycles. The van der Waals surface area contributed by atoms with E-state index in [0.29, 0.717) is 54.8 Å². The predicted octanol–water partition coefficient (Wildman–Crippen LogP) is 3.98. The van der Waals surface area contributed by atoms with Crippen molar-refractivity contribution in [1.82, 2.24) is 0 Å². The Hall–Kier alpha value is -1.77. The fraction of sp³-hybridized carbons (Fsp3) is 0.375. The van der Waals surface area contributed by atoms with Crippen LogP contribution in [0.5, 0.6) is 23.0 Å². The fourth-order valence-electron chi connectivity index (χ4n) is 4.36. The van der Waals surface area contributed by atoms with Gasteiger partial charge in [0.05, 0.1) is 22.4 Å². The number of nitrogens with zero attached hydrogens (tertiary/aromatic N) is 2. The fourth-order valence-corrected chi connectivity index (χ4v) is 5.66. The number of allylic oxidation sites excluding steroid dienone is 2. The Morgan fingerprint density at radius 3 is 1.83 bits per heavy atom. The monoisotopic (exact) mass is 664 g/mol. The number of aliphatic hydroxyl groups is 1. The summed E-state index contributed by atoms with van der Waals surface area (Å²) in [6.45, 7) is 2.15. The number of phenolic OH excluding ortho intramolecular Hbond substituents is 4. The van der Waals surface area contributed by atoms with E-state index in [1.54, 1.807) is 0 Å².